The first-order chi connectivity index (χ1) is 9.61. The average molecular weight is 331 g/mol. The molecule has 0 spiro atoms. The summed E-state index contributed by atoms with van der Waals surface area (Å²) in [6.07, 6.45) is 3.38. The molecule has 1 aromatic carbocycles. The maximum atomic E-state index is 11.5. The van der Waals surface area contributed by atoms with Gasteiger partial charge in [0.2, 0.25) is 0 Å². The minimum atomic E-state index is -0.343. The molecule has 2 heterocycles. The summed E-state index contributed by atoms with van der Waals surface area (Å²) in [6.45, 7) is 1.74. The van der Waals surface area contributed by atoms with E-state index in [0.717, 1.165) is 15.8 Å². The van der Waals surface area contributed by atoms with Gasteiger partial charge in [0.1, 0.15) is 17.3 Å². The van der Waals surface area contributed by atoms with Crippen molar-refractivity contribution < 1.29 is 13.9 Å². The molecule has 0 atom stereocenters. The van der Waals surface area contributed by atoms with Crippen LogP contribution >= 0.6 is 15.9 Å². The number of esters is 1. The van der Waals surface area contributed by atoms with Crippen LogP contribution in [0.2, 0.25) is 0 Å². The molecule has 1 aliphatic heterocycles. The van der Waals surface area contributed by atoms with Gasteiger partial charge in [-0.3, -0.25) is 0 Å². The highest BCUT2D eigenvalue weighted by Gasteiger charge is 2.18. The molecule has 0 aliphatic carbocycles. The second-order valence-corrected chi connectivity index (χ2v) is 5.37. The highest BCUT2D eigenvalue weighted by atomic mass is 79.9. The summed E-state index contributed by atoms with van der Waals surface area (Å²) in [5.74, 6) is 1.64. The normalized spacial score (nSPS) is 16.4. The second-order valence-electron chi connectivity index (χ2n) is 4.45. The summed E-state index contributed by atoms with van der Waals surface area (Å²) >= 11 is 3.40. The van der Waals surface area contributed by atoms with E-state index >= 15 is 0 Å². The largest absolute Gasteiger partial charge is 0.457 e. The van der Waals surface area contributed by atoms with E-state index in [1.165, 1.54) is 0 Å². The molecule has 3 nitrogen and oxygen atoms in total. The maximum absolute atomic E-state index is 11.5. The molecule has 20 heavy (non-hydrogen) atoms. The Morgan fingerprint density at radius 1 is 1.10 bits per heavy atom. The molecule has 2 aromatic rings. The third kappa shape index (κ3) is 2.60. The van der Waals surface area contributed by atoms with Crippen LogP contribution in [-0.4, -0.2) is 5.97 Å². The Hall–Kier alpha value is -2.07. The van der Waals surface area contributed by atoms with Crippen molar-refractivity contribution >= 4 is 28.0 Å². The van der Waals surface area contributed by atoms with Crippen LogP contribution in [0.25, 0.3) is 17.4 Å². The minimum absolute atomic E-state index is 0.343. The third-order valence-corrected chi connectivity index (χ3v) is 3.43. The van der Waals surface area contributed by atoms with Crippen molar-refractivity contribution in [2.75, 3.05) is 0 Å². The van der Waals surface area contributed by atoms with E-state index in [2.05, 4.69) is 15.9 Å². The third-order valence-electron chi connectivity index (χ3n) is 2.90. The quantitative estimate of drug-likeness (QED) is 0.598. The zero-order valence-corrected chi connectivity index (χ0v) is 12.3. The number of allylic oxidation sites excluding steroid dienone is 1. The fraction of sp³-hybridized carbons (Fsp3) is 0.0625. The van der Waals surface area contributed by atoms with Crippen LogP contribution in [0.1, 0.15) is 12.7 Å². The van der Waals surface area contributed by atoms with Gasteiger partial charge in [-0.25, -0.2) is 4.79 Å². The Morgan fingerprint density at radius 2 is 1.85 bits per heavy atom. The van der Waals surface area contributed by atoms with Crippen molar-refractivity contribution in [3.05, 3.63) is 64.0 Å². The Kier molecular flexibility index (Phi) is 3.32. The van der Waals surface area contributed by atoms with Crippen LogP contribution in [-0.2, 0) is 9.53 Å². The number of carbonyl (C=O) groups excluding carboxylic acids is 1. The Bertz CT molecular complexity index is 720. The van der Waals surface area contributed by atoms with E-state index in [1.54, 1.807) is 19.1 Å². The lowest BCUT2D eigenvalue weighted by Crippen LogP contribution is -1.95. The summed E-state index contributed by atoms with van der Waals surface area (Å²) in [5.41, 5.74) is 1.48. The minimum Gasteiger partial charge on any atom is -0.457 e. The predicted molar refractivity (Wildman–Crippen MR) is 79.7 cm³/mol. The van der Waals surface area contributed by atoms with Crippen LogP contribution in [0.5, 0.6) is 0 Å². The van der Waals surface area contributed by atoms with Crippen molar-refractivity contribution in [2.45, 2.75) is 6.92 Å². The van der Waals surface area contributed by atoms with E-state index < -0.39 is 0 Å². The molecule has 0 amide bonds. The first-order valence-electron chi connectivity index (χ1n) is 6.10. The van der Waals surface area contributed by atoms with Crippen LogP contribution in [0, 0.1) is 0 Å². The summed E-state index contributed by atoms with van der Waals surface area (Å²) in [4.78, 5) is 11.5. The number of carbonyl (C=O) groups is 1. The van der Waals surface area contributed by atoms with Crippen molar-refractivity contribution in [1.82, 2.24) is 0 Å². The lowest BCUT2D eigenvalue weighted by atomic mass is 10.2. The molecule has 3 rings (SSSR count). The zero-order valence-electron chi connectivity index (χ0n) is 10.7. The van der Waals surface area contributed by atoms with Gasteiger partial charge < -0.3 is 9.15 Å². The number of hydrogen-bond donors (Lipinski definition) is 0. The molecule has 4 heteroatoms. The SMILES string of the molecule is CC1=C/C(=C/c2ccc(-c3ccc(Br)cc3)o2)C(=O)O1. The van der Waals surface area contributed by atoms with Crippen LogP contribution in [0.4, 0.5) is 0 Å². The summed E-state index contributed by atoms with van der Waals surface area (Å²) < 4.78 is 11.7. The molecule has 0 saturated carbocycles. The molecular formula is C16H11BrO3. The molecule has 0 unspecified atom stereocenters. The number of benzene rings is 1. The monoisotopic (exact) mass is 330 g/mol. The summed E-state index contributed by atoms with van der Waals surface area (Å²) in [7, 11) is 0. The topological polar surface area (TPSA) is 39.4 Å². The van der Waals surface area contributed by atoms with Gasteiger partial charge in [0.25, 0.3) is 0 Å². The van der Waals surface area contributed by atoms with Gasteiger partial charge in [-0.05, 0) is 43.3 Å². The zero-order chi connectivity index (χ0) is 14.1. The van der Waals surface area contributed by atoms with E-state index in [0.29, 0.717) is 17.1 Å². The molecular weight excluding hydrogens is 320 g/mol. The van der Waals surface area contributed by atoms with Gasteiger partial charge in [0, 0.05) is 10.0 Å². The van der Waals surface area contributed by atoms with E-state index in [1.807, 2.05) is 36.4 Å². The van der Waals surface area contributed by atoms with Gasteiger partial charge in [-0.15, -0.1) is 0 Å². The molecule has 1 aliphatic rings. The van der Waals surface area contributed by atoms with Gasteiger partial charge in [-0.1, -0.05) is 28.1 Å². The number of cyclic esters (lactones) is 1. The molecule has 0 radical (unpaired) electrons. The summed E-state index contributed by atoms with van der Waals surface area (Å²) in [5, 5.41) is 0. The highest BCUT2D eigenvalue weighted by molar-refractivity contribution is 9.10. The van der Waals surface area contributed by atoms with Crippen LogP contribution in [0.3, 0.4) is 0 Å². The standard InChI is InChI=1S/C16H11BrO3/c1-10-8-12(16(18)19-10)9-14-6-7-15(20-14)11-2-4-13(17)5-3-11/h2-9H,1H3/b12-9-. The molecule has 0 fully saturated rings. The molecule has 0 bridgehead atoms. The van der Waals surface area contributed by atoms with E-state index in [4.69, 9.17) is 9.15 Å². The molecule has 0 saturated heterocycles. The fourth-order valence-corrected chi connectivity index (χ4v) is 2.23. The van der Waals surface area contributed by atoms with Crippen molar-refractivity contribution in [3.63, 3.8) is 0 Å². The van der Waals surface area contributed by atoms with Crippen LogP contribution in [0.15, 0.2) is 62.7 Å². The number of furan rings is 1. The number of halogens is 1. The molecule has 1 aromatic heterocycles. The Labute approximate surface area is 124 Å². The smallest absolute Gasteiger partial charge is 0.343 e. The van der Waals surface area contributed by atoms with Gasteiger partial charge >= 0.3 is 5.97 Å². The first-order valence-corrected chi connectivity index (χ1v) is 6.89. The molecule has 100 valence electrons. The maximum Gasteiger partial charge on any atom is 0.343 e. The first kappa shape index (κ1) is 12.9. The van der Waals surface area contributed by atoms with Gasteiger partial charge in [-0.2, -0.15) is 0 Å². The second kappa shape index (κ2) is 5.13. The number of ether oxygens (including phenoxy) is 1. The lowest BCUT2D eigenvalue weighted by molar-refractivity contribution is -0.133. The Balaban J connectivity index is 1.89. The Morgan fingerprint density at radius 3 is 2.50 bits per heavy atom. The van der Waals surface area contributed by atoms with Crippen molar-refractivity contribution in [2.24, 2.45) is 0 Å². The average Bonchev–Trinajstić information content (AvgIpc) is 2.98. The van der Waals surface area contributed by atoms with Crippen molar-refractivity contribution in [3.8, 4) is 11.3 Å². The summed E-state index contributed by atoms with van der Waals surface area (Å²) in [6, 6.07) is 11.6. The van der Waals surface area contributed by atoms with Crippen molar-refractivity contribution in [1.29, 1.82) is 0 Å². The number of hydrogen-bond acceptors (Lipinski definition) is 3. The number of rotatable bonds is 2. The van der Waals surface area contributed by atoms with Gasteiger partial charge in [0.15, 0.2) is 0 Å². The predicted octanol–water partition coefficient (Wildman–Crippen LogP) is 4.55. The lowest BCUT2D eigenvalue weighted by Gasteiger charge is -1.96. The van der Waals surface area contributed by atoms with Crippen LogP contribution < -0.4 is 0 Å². The van der Waals surface area contributed by atoms with E-state index in [-0.39, 0.29) is 5.97 Å². The van der Waals surface area contributed by atoms with E-state index in [9.17, 15) is 4.79 Å². The molecule has 0 N–H and O–H groups in total. The highest BCUT2D eigenvalue weighted by Crippen LogP contribution is 2.26. The van der Waals surface area contributed by atoms with Gasteiger partial charge in [0.05, 0.1) is 5.57 Å². The fourth-order valence-electron chi connectivity index (χ4n) is 1.97.